The molecular weight excluding hydrogens is 314 g/mol. The van der Waals surface area contributed by atoms with Gasteiger partial charge < -0.3 is 9.80 Å². The van der Waals surface area contributed by atoms with Gasteiger partial charge in [-0.05, 0) is 76.0 Å². The maximum absolute atomic E-state index is 6.05. The molecule has 0 aromatic heterocycles. The van der Waals surface area contributed by atoms with E-state index < -0.39 is 0 Å². The van der Waals surface area contributed by atoms with Gasteiger partial charge in [-0.3, -0.25) is 4.90 Å². The molecule has 0 saturated carbocycles. The maximum Gasteiger partial charge on any atom is 0.176 e. The van der Waals surface area contributed by atoms with Gasteiger partial charge >= 0.3 is 0 Å². The van der Waals surface area contributed by atoms with E-state index in [2.05, 4.69) is 59.9 Å². The lowest BCUT2D eigenvalue weighted by molar-refractivity contribution is -0.00650. The number of nitrogens with zero attached hydrogens (tertiary/aromatic N) is 3. The van der Waals surface area contributed by atoms with E-state index >= 15 is 0 Å². The number of fused-ring (bicyclic) bond motifs is 3. The summed E-state index contributed by atoms with van der Waals surface area (Å²) in [4.78, 5) is 7.71. The van der Waals surface area contributed by atoms with Gasteiger partial charge in [0.1, 0.15) is 0 Å². The molecule has 4 heterocycles. The van der Waals surface area contributed by atoms with Gasteiger partial charge in [-0.2, -0.15) is 0 Å². The van der Waals surface area contributed by atoms with Gasteiger partial charge in [-0.1, -0.05) is 18.2 Å². The Morgan fingerprint density at radius 3 is 2.71 bits per heavy atom. The van der Waals surface area contributed by atoms with Gasteiger partial charge in [-0.25, -0.2) is 0 Å². The van der Waals surface area contributed by atoms with Crippen molar-refractivity contribution in [2.75, 3.05) is 25.0 Å². The van der Waals surface area contributed by atoms with Crippen molar-refractivity contribution in [3.63, 3.8) is 0 Å². The van der Waals surface area contributed by atoms with Gasteiger partial charge in [0.25, 0.3) is 0 Å². The molecule has 0 N–H and O–H groups in total. The van der Waals surface area contributed by atoms with E-state index in [0.29, 0.717) is 23.9 Å². The highest BCUT2D eigenvalue weighted by Gasteiger charge is 2.58. The van der Waals surface area contributed by atoms with Gasteiger partial charge in [0.05, 0.1) is 6.04 Å². The Morgan fingerprint density at radius 1 is 1.08 bits per heavy atom. The van der Waals surface area contributed by atoms with Gasteiger partial charge in [0.2, 0.25) is 0 Å². The third-order valence-corrected chi connectivity index (χ3v) is 7.91. The molecule has 3 fully saturated rings. The smallest absolute Gasteiger partial charge is 0.176 e. The molecule has 24 heavy (non-hydrogen) atoms. The molecule has 4 aliphatic heterocycles. The SMILES string of the molecule is CN1C(=S)N2c3ccccc3C3CCN4CCCC(C4C32)C1(C)C. The summed E-state index contributed by atoms with van der Waals surface area (Å²) in [6.07, 6.45) is 3.93. The van der Waals surface area contributed by atoms with E-state index in [1.807, 2.05) is 0 Å². The Morgan fingerprint density at radius 2 is 1.88 bits per heavy atom. The molecule has 3 saturated heterocycles. The molecule has 0 aliphatic carbocycles. The van der Waals surface area contributed by atoms with Crippen LogP contribution in [0.3, 0.4) is 0 Å². The molecule has 5 rings (SSSR count). The topological polar surface area (TPSA) is 9.72 Å². The van der Waals surface area contributed by atoms with Crippen LogP contribution in [0, 0.1) is 5.92 Å². The fourth-order valence-corrected chi connectivity index (χ4v) is 6.48. The quantitative estimate of drug-likeness (QED) is 0.668. The predicted octanol–water partition coefficient (Wildman–Crippen LogP) is 3.45. The van der Waals surface area contributed by atoms with Gasteiger partial charge in [-0.15, -0.1) is 0 Å². The van der Waals surface area contributed by atoms with Crippen molar-refractivity contribution in [1.82, 2.24) is 9.80 Å². The lowest BCUT2D eigenvalue weighted by Gasteiger charge is -2.53. The molecule has 0 amide bonds. The lowest BCUT2D eigenvalue weighted by Crippen LogP contribution is -2.62. The zero-order valence-electron chi connectivity index (χ0n) is 14.9. The van der Waals surface area contributed by atoms with Crippen molar-refractivity contribution in [3.8, 4) is 0 Å². The second-order valence-corrected chi connectivity index (χ2v) is 8.95. The number of anilines is 1. The van der Waals surface area contributed by atoms with E-state index in [-0.39, 0.29) is 5.54 Å². The summed E-state index contributed by atoms with van der Waals surface area (Å²) in [6, 6.07) is 10.2. The number of hydrogen-bond donors (Lipinski definition) is 0. The Kier molecular flexibility index (Phi) is 3.12. The van der Waals surface area contributed by atoms with Crippen LogP contribution in [0.25, 0.3) is 0 Å². The van der Waals surface area contributed by atoms with Crippen molar-refractivity contribution >= 4 is 23.0 Å². The first kappa shape index (κ1) is 15.2. The summed E-state index contributed by atoms with van der Waals surface area (Å²) in [5.41, 5.74) is 3.01. The van der Waals surface area contributed by atoms with Crippen LogP contribution in [0.5, 0.6) is 0 Å². The zero-order valence-corrected chi connectivity index (χ0v) is 15.7. The molecule has 0 radical (unpaired) electrons. The highest BCUT2D eigenvalue weighted by Crippen LogP contribution is 2.54. The number of rotatable bonds is 0. The van der Waals surface area contributed by atoms with E-state index in [0.717, 1.165) is 5.11 Å². The first-order valence-corrected chi connectivity index (χ1v) is 9.82. The van der Waals surface area contributed by atoms with Crippen molar-refractivity contribution in [2.45, 2.75) is 56.7 Å². The van der Waals surface area contributed by atoms with Crippen LogP contribution < -0.4 is 4.90 Å². The fraction of sp³-hybridized carbons (Fsp3) is 0.650. The van der Waals surface area contributed by atoms with Crippen molar-refractivity contribution in [3.05, 3.63) is 29.8 Å². The number of piperidine rings is 2. The van der Waals surface area contributed by atoms with Crippen LogP contribution in [0.15, 0.2) is 24.3 Å². The molecule has 3 nitrogen and oxygen atoms in total. The zero-order chi connectivity index (χ0) is 16.6. The monoisotopic (exact) mass is 341 g/mol. The second kappa shape index (κ2) is 4.95. The number of hydrogen-bond acceptors (Lipinski definition) is 2. The molecule has 1 aromatic carbocycles. The number of benzene rings is 1. The normalized spacial score (nSPS) is 37.0. The highest BCUT2D eigenvalue weighted by molar-refractivity contribution is 7.80. The molecular formula is C20H27N3S. The van der Waals surface area contributed by atoms with E-state index in [1.165, 1.54) is 43.6 Å². The first-order valence-electron chi connectivity index (χ1n) is 9.42. The molecule has 128 valence electrons. The standard InChI is InChI=1S/C20H27N3S/c1-20(2)15-8-6-11-22-12-10-14-13-7-4-5-9-16(13)23(17(14)18(15)22)19(24)21(20)3/h4-5,7,9,14-15,17-18H,6,8,10-12H2,1-3H3. The average Bonchev–Trinajstić information content (AvgIpc) is 2.91. The average molecular weight is 342 g/mol. The molecule has 0 bridgehead atoms. The Labute approximate surface area is 150 Å². The summed E-state index contributed by atoms with van der Waals surface area (Å²) in [5.74, 6) is 1.32. The van der Waals surface area contributed by atoms with Crippen molar-refractivity contribution < 1.29 is 0 Å². The summed E-state index contributed by atoms with van der Waals surface area (Å²) >= 11 is 6.05. The van der Waals surface area contributed by atoms with Crippen LogP contribution in [-0.4, -0.2) is 52.7 Å². The van der Waals surface area contributed by atoms with Crippen LogP contribution >= 0.6 is 12.2 Å². The Hall–Kier alpha value is -1.13. The van der Waals surface area contributed by atoms with Gasteiger partial charge in [0.15, 0.2) is 5.11 Å². The molecule has 0 spiro atoms. The Balaban J connectivity index is 1.73. The third kappa shape index (κ3) is 1.74. The predicted molar refractivity (Wildman–Crippen MR) is 103 cm³/mol. The lowest BCUT2D eigenvalue weighted by atomic mass is 9.69. The minimum atomic E-state index is 0.113. The van der Waals surface area contributed by atoms with Gasteiger partial charge in [0, 0.05) is 30.2 Å². The number of thiocarbonyl (C=S) groups is 1. The van der Waals surface area contributed by atoms with Crippen molar-refractivity contribution in [1.29, 1.82) is 0 Å². The molecule has 4 heteroatoms. The number of para-hydroxylation sites is 1. The summed E-state index contributed by atoms with van der Waals surface area (Å²) < 4.78 is 0. The van der Waals surface area contributed by atoms with Crippen LogP contribution in [0.1, 0.15) is 44.6 Å². The highest BCUT2D eigenvalue weighted by atomic mass is 32.1. The Bertz CT molecular complexity index is 700. The molecule has 4 aliphatic rings. The molecule has 4 unspecified atom stereocenters. The van der Waals surface area contributed by atoms with Crippen LogP contribution in [-0.2, 0) is 0 Å². The largest absolute Gasteiger partial charge is 0.346 e. The van der Waals surface area contributed by atoms with E-state index in [4.69, 9.17) is 12.2 Å². The fourth-order valence-electron chi connectivity index (χ4n) is 6.03. The molecule has 1 aromatic rings. The van der Waals surface area contributed by atoms with E-state index in [9.17, 15) is 0 Å². The second-order valence-electron chi connectivity index (χ2n) is 8.59. The molecule has 4 atom stereocenters. The summed E-state index contributed by atoms with van der Waals surface area (Å²) in [5, 5.41) is 1.02. The minimum Gasteiger partial charge on any atom is -0.346 e. The first-order chi connectivity index (χ1) is 11.5. The third-order valence-electron chi connectivity index (χ3n) is 7.44. The summed E-state index contributed by atoms with van der Waals surface area (Å²) in [6.45, 7) is 7.33. The van der Waals surface area contributed by atoms with Crippen LogP contribution in [0.2, 0.25) is 0 Å². The van der Waals surface area contributed by atoms with Crippen LogP contribution in [0.4, 0.5) is 5.69 Å². The minimum absolute atomic E-state index is 0.113. The summed E-state index contributed by atoms with van der Waals surface area (Å²) in [7, 11) is 2.22. The van der Waals surface area contributed by atoms with E-state index in [1.54, 1.807) is 0 Å². The maximum atomic E-state index is 6.05. The van der Waals surface area contributed by atoms with Crippen molar-refractivity contribution in [2.24, 2.45) is 5.92 Å².